The van der Waals surface area contributed by atoms with E-state index < -0.39 is 0 Å². The first-order valence-electron chi connectivity index (χ1n) is 8.34. The smallest absolute Gasteiger partial charge is 0.224 e. The zero-order valence-electron chi connectivity index (χ0n) is 14.4. The Kier molecular flexibility index (Phi) is 6.86. The quantitative estimate of drug-likeness (QED) is 0.800. The summed E-state index contributed by atoms with van der Waals surface area (Å²) in [5, 5.41) is 2.97. The summed E-state index contributed by atoms with van der Waals surface area (Å²) in [6.07, 6.45) is 3.68. The Morgan fingerprint density at radius 1 is 1.43 bits per heavy atom. The third-order valence-corrected chi connectivity index (χ3v) is 3.92. The fourth-order valence-corrected chi connectivity index (χ4v) is 2.57. The lowest BCUT2D eigenvalue weighted by atomic mass is 10.1. The van der Waals surface area contributed by atoms with Crippen molar-refractivity contribution in [3.63, 3.8) is 0 Å². The van der Waals surface area contributed by atoms with E-state index in [1.807, 2.05) is 39.2 Å². The number of amides is 1. The van der Waals surface area contributed by atoms with Crippen molar-refractivity contribution in [1.29, 1.82) is 0 Å². The number of carbonyl (C=O) groups excluding carboxylic acids is 1. The maximum Gasteiger partial charge on any atom is 0.224 e. The minimum absolute atomic E-state index is 0.0156. The summed E-state index contributed by atoms with van der Waals surface area (Å²) in [4.78, 5) is 14.2. The number of likely N-dealkylation sites (N-methyl/N-ethyl adjacent to an activating group) is 1. The number of nitrogens with one attached hydrogen (secondary N) is 1. The zero-order valence-corrected chi connectivity index (χ0v) is 14.4. The number of nitrogens with zero attached hydrogens (tertiary/aromatic N) is 1. The predicted molar refractivity (Wildman–Crippen MR) is 92.1 cm³/mol. The predicted octanol–water partition coefficient (Wildman–Crippen LogP) is 2.83. The van der Waals surface area contributed by atoms with E-state index in [0.717, 1.165) is 49.4 Å². The highest BCUT2D eigenvalue weighted by atomic mass is 16.5. The van der Waals surface area contributed by atoms with E-state index in [9.17, 15) is 4.79 Å². The molecule has 2 rings (SSSR count). The number of ether oxygens (including phenoxy) is 2. The monoisotopic (exact) mass is 320 g/mol. The number of aryl methyl sites for hydroxylation is 1. The molecule has 1 amide bonds. The van der Waals surface area contributed by atoms with Gasteiger partial charge in [-0.3, -0.25) is 4.79 Å². The molecule has 5 heteroatoms. The Hall–Kier alpha value is -1.59. The number of anilines is 1. The lowest BCUT2D eigenvalue weighted by molar-refractivity contribution is -0.116. The van der Waals surface area contributed by atoms with Crippen LogP contribution < -0.4 is 10.1 Å². The Morgan fingerprint density at radius 2 is 2.26 bits per heavy atom. The number of hydrogen-bond donors (Lipinski definition) is 1. The summed E-state index contributed by atoms with van der Waals surface area (Å²) < 4.78 is 11.4. The van der Waals surface area contributed by atoms with Crippen LogP contribution in [0, 0.1) is 6.92 Å². The Balaban J connectivity index is 1.88. The van der Waals surface area contributed by atoms with E-state index in [2.05, 4.69) is 10.2 Å². The van der Waals surface area contributed by atoms with Gasteiger partial charge in [-0.05, 0) is 58.0 Å². The van der Waals surface area contributed by atoms with Crippen LogP contribution in [0.25, 0.3) is 0 Å². The topological polar surface area (TPSA) is 50.8 Å². The molecule has 1 heterocycles. The largest absolute Gasteiger partial charge is 0.490 e. The highest BCUT2D eigenvalue weighted by molar-refractivity contribution is 5.92. The van der Waals surface area contributed by atoms with Gasteiger partial charge < -0.3 is 19.7 Å². The van der Waals surface area contributed by atoms with Crippen LogP contribution in [-0.4, -0.2) is 50.8 Å². The van der Waals surface area contributed by atoms with E-state index in [-0.39, 0.29) is 12.0 Å². The molecule has 0 bridgehead atoms. The highest BCUT2D eigenvalue weighted by Crippen LogP contribution is 2.26. The minimum atomic E-state index is 0.0156. The average Bonchev–Trinajstić information content (AvgIpc) is 3.01. The molecular formula is C18H28N2O3. The third kappa shape index (κ3) is 6.20. The van der Waals surface area contributed by atoms with Crippen LogP contribution in [0.4, 0.5) is 5.69 Å². The van der Waals surface area contributed by atoms with Crippen molar-refractivity contribution in [1.82, 2.24) is 4.90 Å². The second kappa shape index (κ2) is 8.89. The van der Waals surface area contributed by atoms with Crippen LogP contribution in [0.3, 0.4) is 0 Å². The van der Waals surface area contributed by atoms with E-state index in [1.54, 1.807) is 0 Å². The summed E-state index contributed by atoms with van der Waals surface area (Å²) in [5.74, 6) is 0.749. The summed E-state index contributed by atoms with van der Waals surface area (Å²) in [6.45, 7) is 4.27. The molecule has 1 aliphatic rings. The molecule has 1 aromatic rings. The molecule has 0 aliphatic carbocycles. The number of hydrogen-bond acceptors (Lipinski definition) is 4. The molecule has 1 fully saturated rings. The lowest BCUT2D eigenvalue weighted by Gasteiger charge is -2.16. The molecule has 1 atom stereocenters. The first-order valence-corrected chi connectivity index (χ1v) is 8.34. The number of benzene rings is 1. The highest BCUT2D eigenvalue weighted by Gasteiger charge is 2.17. The first kappa shape index (κ1) is 17.8. The molecule has 1 aromatic carbocycles. The Morgan fingerprint density at radius 3 is 2.96 bits per heavy atom. The second-order valence-electron chi connectivity index (χ2n) is 6.37. The van der Waals surface area contributed by atoms with Gasteiger partial charge in [0.25, 0.3) is 0 Å². The fourth-order valence-electron chi connectivity index (χ4n) is 2.57. The molecule has 0 saturated carbocycles. The molecule has 23 heavy (non-hydrogen) atoms. The maximum atomic E-state index is 12.2. The van der Waals surface area contributed by atoms with Gasteiger partial charge in [0.1, 0.15) is 12.4 Å². The van der Waals surface area contributed by atoms with Crippen LogP contribution in [0.15, 0.2) is 18.2 Å². The molecule has 1 N–H and O–H groups in total. The molecule has 0 aromatic heterocycles. The van der Waals surface area contributed by atoms with E-state index in [1.165, 1.54) is 0 Å². The first-order chi connectivity index (χ1) is 11.0. The molecular weight excluding hydrogens is 292 g/mol. The van der Waals surface area contributed by atoms with Crippen LogP contribution in [-0.2, 0) is 9.53 Å². The van der Waals surface area contributed by atoms with Crippen LogP contribution in [0.2, 0.25) is 0 Å². The molecule has 1 aliphatic heterocycles. The molecule has 0 spiro atoms. The van der Waals surface area contributed by atoms with Crippen LogP contribution >= 0.6 is 0 Å². The van der Waals surface area contributed by atoms with Gasteiger partial charge >= 0.3 is 0 Å². The SMILES string of the molecule is Cc1ccc(NC(=O)CC[C@H]2CCCO2)c(OCCN(C)C)c1. The average molecular weight is 320 g/mol. The van der Waals surface area contributed by atoms with Gasteiger partial charge in [-0.1, -0.05) is 6.07 Å². The minimum Gasteiger partial charge on any atom is -0.490 e. The number of rotatable bonds is 8. The standard InChI is InChI=1S/C18H28N2O3/c1-14-6-8-16(17(13-14)23-12-10-20(2)3)19-18(21)9-7-15-5-4-11-22-15/h6,8,13,15H,4-5,7,9-12H2,1-3H3,(H,19,21)/t15-/m1/s1. The number of carbonyl (C=O) groups is 1. The second-order valence-corrected chi connectivity index (χ2v) is 6.37. The van der Waals surface area contributed by atoms with Gasteiger partial charge in [-0.25, -0.2) is 0 Å². The summed E-state index contributed by atoms with van der Waals surface area (Å²) >= 11 is 0. The van der Waals surface area contributed by atoms with Gasteiger partial charge in [0.15, 0.2) is 0 Å². The molecule has 0 radical (unpaired) electrons. The van der Waals surface area contributed by atoms with E-state index in [4.69, 9.17) is 9.47 Å². The molecule has 1 saturated heterocycles. The molecule has 0 unspecified atom stereocenters. The van der Waals surface area contributed by atoms with Gasteiger partial charge in [-0.2, -0.15) is 0 Å². The summed E-state index contributed by atoms with van der Waals surface area (Å²) in [6, 6.07) is 5.85. The van der Waals surface area contributed by atoms with Crippen molar-refractivity contribution in [3.05, 3.63) is 23.8 Å². The summed E-state index contributed by atoms with van der Waals surface area (Å²) in [5.41, 5.74) is 1.86. The lowest BCUT2D eigenvalue weighted by Crippen LogP contribution is -2.20. The van der Waals surface area contributed by atoms with E-state index >= 15 is 0 Å². The van der Waals surface area contributed by atoms with Crippen molar-refractivity contribution in [2.45, 2.75) is 38.7 Å². The van der Waals surface area contributed by atoms with Gasteiger partial charge in [0.2, 0.25) is 5.91 Å². The normalized spacial score (nSPS) is 17.5. The van der Waals surface area contributed by atoms with Crippen molar-refractivity contribution >= 4 is 11.6 Å². The van der Waals surface area contributed by atoms with Crippen LogP contribution in [0.1, 0.15) is 31.2 Å². The van der Waals surface area contributed by atoms with Crippen molar-refractivity contribution in [3.8, 4) is 5.75 Å². The molecule has 5 nitrogen and oxygen atoms in total. The van der Waals surface area contributed by atoms with Crippen molar-refractivity contribution in [2.75, 3.05) is 39.2 Å². The Bertz CT molecular complexity index is 511. The third-order valence-electron chi connectivity index (χ3n) is 3.92. The van der Waals surface area contributed by atoms with Crippen molar-refractivity contribution in [2.24, 2.45) is 0 Å². The maximum absolute atomic E-state index is 12.2. The van der Waals surface area contributed by atoms with Gasteiger partial charge in [0.05, 0.1) is 11.8 Å². The van der Waals surface area contributed by atoms with Crippen LogP contribution in [0.5, 0.6) is 5.75 Å². The fraction of sp³-hybridized carbons (Fsp3) is 0.611. The van der Waals surface area contributed by atoms with E-state index in [0.29, 0.717) is 13.0 Å². The van der Waals surface area contributed by atoms with Crippen molar-refractivity contribution < 1.29 is 14.3 Å². The zero-order chi connectivity index (χ0) is 16.7. The molecule has 128 valence electrons. The summed E-state index contributed by atoms with van der Waals surface area (Å²) in [7, 11) is 4.01. The Labute approximate surface area is 139 Å². The van der Waals surface area contributed by atoms with Gasteiger partial charge in [-0.15, -0.1) is 0 Å². The van der Waals surface area contributed by atoms with Gasteiger partial charge in [0, 0.05) is 19.6 Å².